The van der Waals surface area contributed by atoms with Gasteiger partial charge in [0.2, 0.25) is 18.1 Å². The summed E-state index contributed by atoms with van der Waals surface area (Å²) in [5.74, 6) is -2.17. The molecule has 9 nitrogen and oxygen atoms in total. The molecule has 1 aromatic heterocycles. The summed E-state index contributed by atoms with van der Waals surface area (Å²) in [4.78, 5) is 17.5. The van der Waals surface area contributed by atoms with Crippen LogP contribution in [0.2, 0.25) is 20.1 Å². The lowest BCUT2D eigenvalue weighted by Crippen LogP contribution is -2.16. The SMILES string of the molecule is COc1c(Cl)ccc(Cl)c1C(=O)Oc1nc(OC(O)c2c(Cl)ccc(Cl)c2OC)c(C#N)c(-c2ccccc2)c1C#N. The average molecular weight is 645 g/mol. The highest BCUT2D eigenvalue weighted by Gasteiger charge is 2.30. The number of halogens is 4. The maximum absolute atomic E-state index is 13.4. The van der Waals surface area contributed by atoms with Crippen molar-refractivity contribution in [3.63, 3.8) is 0 Å². The van der Waals surface area contributed by atoms with Gasteiger partial charge in [-0.25, -0.2) is 4.79 Å². The van der Waals surface area contributed by atoms with E-state index in [1.165, 1.54) is 38.5 Å². The lowest BCUT2D eigenvalue weighted by atomic mass is 9.97. The van der Waals surface area contributed by atoms with Crippen molar-refractivity contribution in [1.29, 1.82) is 10.5 Å². The van der Waals surface area contributed by atoms with Gasteiger partial charge in [0.25, 0.3) is 0 Å². The van der Waals surface area contributed by atoms with Crippen LogP contribution in [0.25, 0.3) is 11.1 Å². The van der Waals surface area contributed by atoms with Crippen molar-refractivity contribution in [3.8, 4) is 46.5 Å². The summed E-state index contributed by atoms with van der Waals surface area (Å²) in [5, 5.41) is 31.6. The van der Waals surface area contributed by atoms with Gasteiger partial charge in [0.1, 0.15) is 34.6 Å². The molecule has 13 heteroatoms. The van der Waals surface area contributed by atoms with E-state index in [4.69, 9.17) is 65.4 Å². The molecule has 0 radical (unpaired) electrons. The second kappa shape index (κ2) is 13.2. The van der Waals surface area contributed by atoms with Crippen LogP contribution in [0.5, 0.6) is 23.3 Å². The predicted octanol–water partition coefficient (Wildman–Crippen LogP) is 7.41. The fourth-order valence-electron chi connectivity index (χ4n) is 4.02. The zero-order valence-electron chi connectivity index (χ0n) is 21.6. The van der Waals surface area contributed by atoms with Crippen LogP contribution in [0.4, 0.5) is 0 Å². The molecule has 0 spiro atoms. The number of methoxy groups -OCH3 is 2. The van der Waals surface area contributed by atoms with E-state index in [0.29, 0.717) is 5.56 Å². The van der Waals surface area contributed by atoms with E-state index in [-0.39, 0.29) is 59.4 Å². The molecule has 0 fully saturated rings. The van der Waals surface area contributed by atoms with Crippen molar-refractivity contribution in [2.75, 3.05) is 14.2 Å². The molecule has 0 aliphatic carbocycles. The number of carbonyl (C=O) groups excluding carboxylic acids is 1. The maximum Gasteiger partial charge on any atom is 0.350 e. The first-order valence-corrected chi connectivity index (χ1v) is 13.2. The number of nitrogens with zero attached hydrogens (tertiary/aromatic N) is 3. The molecule has 0 saturated heterocycles. The molecule has 0 saturated carbocycles. The van der Waals surface area contributed by atoms with Crippen LogP contribution in [-0.4, -0.2) is 30.3 Å². The Morgan fingerprint density at radius 2 is 1.36 bits per heavy atom. The molecule has 1 unspecified atom stereocenters. The average Bonchev–Trinajstić information content (AvgIpc) is 2.98. The number of pyridine rings is 1. The van der Waals surface area contributed by atoms with Crippen molar-refractivity contribution in [2.45, 2.75) is 6.29 Å². The van der Waals surface area contributed by atoms with Gasteiger partial charge in [-0.2, -0.15) is 15.5 Å². The third-order valence-corrected chi connectivity index (χ3v) is 7.08. The van der Waals surface area contributed by atoms with Crippen molar-refractivity contribution in [3.05, 3.63) is 96.9 Å². The minimum Gasteiger partial charge on any atom is -0.495 e. The van der Waals surface area contributed by atoms with E-state index in [2.05, 4.69) is 4.98 Å². The molecular formula is C29H17Cl4N3O6. The summed E-state index contributed by atoms with van der Waals surface area (Å²) in [7, 11) is 2.60. The number of carbonyl (C=O) groups is 1. The number of aliphatic hydroxyl groups is 1. The highest BCUT2D eigenvalue weighted by molar-refractivity contribution is 6.37. The third kappa shape index (κ3) is 5.88. The standard InChI is InChI=1S/C29H17Cl4N3O6/c1-39-24-19(32)10-8-17(30)22(24)28(37)41-26-15(12-34)21(14-6-4-3-5-7-14)16(13-35)27(36-26)42-29(38)23-18(31)9-11-20(33)25(23)40-2/h3-11,28,37H,1-2H3. The largest absolute Gasteiger partial charge is 0.495 e. The summed E-state index contributed by atoms with van der Waals surface area (Å²) >= 11 is 24.9. The number of nitriles is 2. The van der Waals surface area contributed by atoms with E-state index in [0.717, 1.165) is 0 Å². The molecule has 3 aromatic carbocycles. The summed E-state index contributed by atoms with van der Waals surface area (Å²) in [6.07, 6.45) is -1.87. The topological polar surface area (TPSA) is 135 Å². The Kier molecular flexibility index (Phi) is 9.64. The van der Waals surface area contributed by atoms with E-state index in [9.17, 15) is 20.4 Å². The summed E-state index contributed by atoms with van der Waals surface area (Å²) in [6.45, 7) is 0. The Bertz CT molecular complexity index is 1770. The number of esters is 1. The van der Waals surface area contributed by atoms with Crippen LogP contribution in [-0.2, 0) is 0 Å². The fraction of sp³-hybridized carbons (Fsp3) is 0.103. The quantitative estimate of drug-likeness (QED) is 0.154. The van der Waals surface area contributed by atoms with Gasteiger partial charge in [0.15, 0.2) is 5.75 Å². The monoisotopic (exact) mass is 643 g/mol. The first-order valence-electron chi connectivity index (χ1n) is 11.7. The molecule has 42 heavy (non-hydrogen) atoms. The minimum absolute atomic E-state index is 0.0152. The normalized spacial score (nSPS) is 11.2. The van der Waals surface area contributed by atoms with E-state index in [1.807, 2.05) is 12.1 Å². The van der Waals surface area contributed by atoms with Gasteiger partial charge < -0.3 is 24.1 Å². The summed E-state index contributed by atoms with van der Waals surface area (Å²) in [5.41, 5.74) is -0.399. The smallest absolute Gasteiger partial charge is 0.350 e. The summed E-state index contributed by atoms with van der Waals surface area (Å²) in [6, 6.07) is 17.9. The lowest BCUT2D eigenvalue weighted by Gasteiger charge is -2.20. The van der Waals surface area contributed by atoms with Gasteiger partial charge in [-0.05, 0) is 29.8 Å². The van der Waals surface area contributed by atoms with Gasteiger partial charge in [0, 0.05) is 5.56 Å². The van der Waals surface area contributed by atoms with Gasteiger partial charge in [0.05, 0.1) is 39.9 Å². The molecule has 0 aliphatic rings. The highest BCUT2D eigenvalue weighted by Crippen LogP contribution is 2.42. The zero-order chi connectivity index (χ0) is 30.6. The minimum atomic E-state index is -1.87. The molecule has 1 N–H and O–H groups in total. The second-order valence-electron chi connectivity index (χ2n) is 8.21. The molecule has 1 atom stereocenters. The van der Waals surface area contributed by atoms with E-state index in [1.54, 1.807) is 30.3 Å². The molecule has 0 aliphatic heterocycles. The highest BCUT2D eigenvalue weighted by atomic mass is 35.5. The lowest BCUT2D eigenvalue weighted by molar-refractivity contribution is -0.0245. The van der Waals surface area contributed by atoms with Gasteiger partial charge >= 0.3 is 5.97 Å². The Morgan fingerprint density at radius 1 is 0.810 bits per heavy atom. The number of aromatic nitrogens is 1. The summed E-state index contributed by atoms with van der Waals surface area (Å²) < 4.78 is 21.8. The number of benzene rings is 3. The van der Waals surface area contributed by atoms with Crippen LogP contribution in [0.15, 0.2) is 54.6 Å². The van der Waals surface area contributed by atoms with Crippen molar-refractivity contribution >= 4 is 52.4 Å². The van der Waals surface area contributed by atoms with E-state index < -0.39 is 24.0 Å². The fourth-order valence-corrected chi connectivity index (χ4v) is 4.96. The van der Waals surface area contributed by atoms with Crippen molar-refractivity contribution < 1.29 is 28.8 Å². The Morgan fingerprint density at radius 3 is 1.95 bits per heavy atom. The molecule has 0 bridgehead atoms. The molecule has 4 aromatic rings. The first kappa shape index (κ1) is 30.7. The number of hydrogen-bond acceptors (Lipinski definition) is 9. The van der Waals surface area contributed by atoms with Crippen molar-refractivity contribution in [2.24, 2.45) is 0 Å². The Labute approximate surface area is 259 Å². The number of ether oxygens (including phenoxy) is 4. The van der Waals surface area contributed by atoms with E-state index >= 15 is 0 Å². The Hall–Kier alpha value is -4.22. The molecule has 212 valence electrons. The molecular weight excluding hydrogens is 628 g/mol. The first-order chi connectivity index (χ1) is 20.2. The Balaban J connectivity index is 1.93. The van der Waals surface area contributed by atoms with Crippen molar-refractivity contribution in [1.82, 2.24) is 4.98 Å². The second-order valence-corrected chi connectivity index (χ2v) is 9.84. The number of aliphatic hydroxyl groups excluding tert-OH is 1. The van der Waals surface area contributed by atoms with Gasteiger partial charge in [-0.15, -0.1) is 0 Å². The maximum atomic E-state index is 13.4. The molecule has 4 rings (SSSR count). The predicted molar refractivity (Wildman–Crippen MR) is 156 cm³/mol. The number of hydrogen-bond donors (Lipinski definition) is 1. The van der Waals surface area contributed by atoms with Crippen LogP contribution in [0, 0.1) is 22.7 Å². The number of rotatable bonds is 8. The van der Waals surface area contributed by atoms with Crippen LogP contribution in [0.1, 0.15) is 33.3 Å². The van der Waals surface area contributed by atoms with Gasteiger partial charge in [-0.1, -0.05) is 76.7 Å². The van der Waals surface area contributed by atoms with Crippen LogP contribution >= 0.6 is 46.4 Å². The van der Waals surface area contributed by atoms with Gasteiger partial charge in [-0.3, -0.25) is 0 Å². The molecule has 0 amide bonds. The van der Waals surface area contributed by atoms with Crippen LogP contribution < -0.4 is 18.9 Å². The third-order valence-electron chi connectivity index (χ3n) is 5.84. The zero-order valence-corrected chi connectivity index (χ0v) is 24.6. The molecule has 1 heterocycles. The van der Waals surface area contributed by atoms with Crippen LogP contribution in [0.3, 0.4) is 0 Å².